The second-order valence-electron chi connectivity index (χ2n) is 8.55. The van der Waals surface area contributed by atoms with Crippen LogP contribution in [0.2, 0.25) is 5.02 Å². The quantitative estimate of drug-likeness (QED) is 0.597. The molecule has 0 aliphatic carbocycles. The summed E-state index contributed by atoms with van der Waals surface area (Å²) in [6.07, 6.45) is 2.02. The average molecular weight is 487 g/mol. The molecule has 1 aliphatic heterocycles. The SMILES string of the molecule is CC(C)(CCc1ccc(N2CCCC(=O)N(c3ccc(C#N)c(Cl)c3F)C2=S)cc1)C(N)=O. The second-order valence-corrected chi connectivity index (χ2v) is 9.30. The lowest BCUT2D eigenvalue weighted by atomic mass is 9.85. The van der Waals surface area contributed by atoms with Crippen molar-refractivity contribution in [2.75, 3.05) is 16.3 Å². The third-order valence-electron chi connectivity index (χ3n) is 5.82. The van der Waals surface area contributed by atoms with Crippen LogP contribution in [0.25, 0.3) is 0 Å². The van der Waals surface area contributed by atoms with Crippen LogP contribution in [0.4, 0.5) is 15.8 Å². The minimum atomic E-state index is -0.860. The lowest BCUT2D eigenvalue weighted by molar-refractivity contribution is -0.126. The first-order valence-electron chi connectivity index (χ1n) is 10.5. The summed E-state index contributed by atoms with van der Waals surface area (Å²) in [5, 5.41) is 8.87. The van der Waals surface area contributed by atoms with Crippen LogP contribution in [-0.4, -0.2) is 23.5 Å². The minimum Gasteiger partial charge on any atom is -0.369 e. The Kier molecular flexibility index (Phi) is 7.35. The van der Waals surface area contributed by atoms with Gasteiger partial charge >= 0.3 is 0 Å². The van der Waals surface area contributed by atoms with Crippen molar-refractivity contribution < 1.29 is 14.0 Å². The van der Waals surface area contributed by atoms with E-state index in [0.717, 1.165) is 16.2 Å². The van der Waals surface area contributed by atoms with Crippen LogP contribution >= 0.6 is 23.8 Å². The minimum absolute atomic E-state index is 0.0157. The Hall–Kier alpha value is -3.02. The van der Waals surface area contributed by atoms with Crippen LogP contribution in [0.15, 0.2) is 36.4 Å². The maximum absolute atomic E-state index is 14.9. The number of carbonyl (C=O) groups is 2. The number of hydrogen-bond donors (Lipinski definition) is 1. The molecule has 0 spiro atoms. The van der Waals surface area contributed by atoms with E-state index in [9.17, 15) is 14.0 Å². The molecule has 1 fully saturated rings. The fourth-order valence-corrected chi connectivity index (χ4v) is 4.12. The Morgan fingerprint density at radius 2 is 1.94 bits per heavy atom. The van der Waals surface area contributed by atoms with Gasteiger partial charge in [0.25, 0.3) is 0 Å². The highest BCUT2D eigenvalue weighted by Gasteiger charge is 2.31. The number of primary amides is 1. The summed E-state index contributed by atoms with van der Waals surface area (Å²) in [6.45, 7) is 4.12. The molecule has 2 amide bonds. The molecule has 2 aromatic rings. The highest BCUT2D eigenvalue weighted by atomic mass is 35.5. The summed E-state index contributed by atoms with van der Waals surface area (Å²) in [5.74, 6) is -1.54. The molecule has 33 heavy (non-hydrogen) atoms. The van der Waals surface area contributed by atoms with E-state index in [4.69, 9.17) is 34.8 Å². The Morgan fingerprint density at radius 1 is 1.27 bits per heavy atom. The summed E-state index contributed by atoms with van der Waals surface area (Å²) in [4.78, 5) is 27.3. The lowest BCUT2D eigenvalue weighted by Crippen LogP contribution is -2.44. The number of benzene rings is 2. The summed E-state index contributed by atoms with van der Waals surface area (Å²) in [7, 11) is 0. The monoisotopic (exact) mass is 486 g/mol. The number of carbonyl (C=O) groups excluding carboxylic acids is 2. The van der Waals surface area contributed by atoms with Gasteiger partial charge in [-0.1, -0.05) is 37.6 Å². The number of nitrogens with zero attached hydrogens (tertiary/aromatic N) is 3. The Morgan fingerprint density at radius 3 is 2.55 bits per heavy atom. The molecule has 1 heterocycles. The van der Waals surface area contributed by atoms with Crippen molar-refractivity contribution >= 4 is 52.1 Å². The van der Waals surface area contributed by atoms with Crippen molar-refractivity contribution in [1.29, 1.82) is 5.26 Å². The lowest BCUT2D eigenvalue weighted by Gasteiger charge is -2.30. The summed E-state index contributed by atoms with van der Waals surface area (Å²) in [5.41, 5.74) is 6.56. The van der Waals surface area contributed by atoms with E-state index in [1.807, 2.05) is 44.2 Å². The average Bonchev–Trinajstić information content (AvgIpc) is 2.92. The number of nitrogens with two attached hydrogens (primary N) is 1. The van der Waals surface area contributed by atoms with Gasteiger partial charge in [-0.25, -0.2) is 4.39 Å². The predicted molar refractivity (Wildman–Crippen MR) is 131 cm³/mol. The Balaban J connectivity index is 1.87. The molecule has 0 aromatic heterocycles. The van der Waals surface area contributed by atoms with E-state index in [0.29, 0.717) is 25.8 Å². The topological polar surface area (TPSA) is 90.4 Å². The van der Waals surface area contributed by atoms with E-state index in [-0.39, 0.29) is 39.6 Å². The Bertz CT molecular complexity index is 1140. The van der Waals surface area contributed by atoms with Crippen molar-refractivity contribution in [3.05, 3.63) is 58.4 Å². The molecule has 2 aromatic carbocycles. The van der Waals surface area contributed by atoms with Gasteiger partial charge < -0.3 is 10.6 Å². The van der Waals surface area contributed by atoms with Gasteiger partial charge in [0, 0.05) is 24.1 Å². The van der Waals surface area contributed by atoms with E-state index >= 15 is 0 Å². The zero-order valence-electron chi connectivity index (χ0n) is 18.4. The third kappa shape index (κ3) is 5.15. The first-order valence-corrected chi connectivity index (χ1v) is 11.3. The largest absolute Gasteiger partial charge is 0.369 e. The van der Waals surface area contributed by atoms with Crippen LogP contribution in [0, 0.1) is 22.6 Å². The number of anilines is 2. The number of rotatable bonds is 6. The molecule has 3 rings (SSSR count). The number of hydrogen-bond acceptors (Lipinski definition) is 4. The molecule has 0 saturated carbocycles. The van der Waals surface area contributed by atoms with Gasteiger partial charge in [-0.05, 0) is 61.3 Å². The molecule has 0 unspecified atom stereocenters. The number of nitriles is 1. The predicted octanol–water partition coefficient (Wildman–Crippen LogP) is 4.71. The third-order valence-corrected chi connectivity index (χ3v) is 6.59. The molecular weight excluding hydrogens is 463 g/mol. The van der Waals surface area contributed by atoms with Crippen molar-refractivity contribution in [3.63, 3.8) is 0 Å². The normalized spacial score (nSPS) is 14.8. The first-order chi connectivity index (χ1) is 15.6. The van der Waals surface area contributed by atoms with Crippen LogP contribution in [0.3, 0.4) is 0 Å². The van der Waals surface area contributed by atoms with E-state index in [2.05, 4.69) is 0 Å². The smallest absolute Gasteiger partial charge is 0.233 e. The molecular formula is C24H24ClFN4O2S. The molecule has 1 aliphatic rings. The van der Waals surface area contributed by atoms with Crippen LogP contribution in [0.5, 0.6) is 0 Å². The van der Waals surface area contributed by atoms with E-state index in [1.165, 1.54) is 12.1 Å². The van der Waals surface area contributed by atoms with Gasteiger partial charge in [0.05, 0.1) is 16.3 Å². The maximum atomic E-state index is 14.9. The van der Waals surface area contributed by atoms with Gasteiger partial charge in [-0.2, -0.15) is 5.26 Å². The molecule has 1 saturated heterocycles. The zero-order chi connectivity index (χ0) is 24.3. The van der Waals surface area contributed by atoms with Gasteiger partial charge in [-0.3, -0.25) is 14.5 Å². The first kappa shape index (κ1) is 24.6. The fraction of sp³-hybridized carbons (Fsp3) is 0.333. The summed E-state index contributed by atoms with van der Waals surface area (Å²) >= 11 is 11.6. The van der Waals surface area contributed by atoms with Crippen molar-refractivity contribution in [2.45, 2.75) is 39.5 Å². The molecule has 9 heteroatoms. The Labute approximate surface area is 202 Å². The standard InChI is InChI=1S/C24H24ClFN4O2S/c1-24(2,22(28)32)12-11-15-5-8-17(9-6-15)29-13-3-4-19(31)30(23(29)33)18-10-7-16(14-27)20(25)21(18)26/h5-10H,3-4,11-13H2,1-2H3,(H2,28,32). The zero-order valence-corrected chi connectivity index (χ0v) is 20.0. The van der Waals surface area contributed by atoms with Gasteiger partial charge in [0.2, 0.25) is 11.8 Å². The number of amides is 2. The molecule has 0 bridgehead atoms. The molecule has 172 valence electrons. The summed E-state index contributed by atoms with van der Waals surface area (Å²) in [6, 6.07) is 12.2. The van der Waals surface area contributed by atoms with Crippen molar-refractivity contribution in [3.8, 4) is 6.07 Å². The van der Waals surface area contributed by atoms with Crippen molar-refractivity contribution in [1.82, 2.24) is 0 Å². The molecule has 6 nitrogen and oxygen atoms in total. The van der Waals surface area contributed by atoms with Gasteiger partial charge in [0.15, 0.2) is 10.9 Å². The fourth-order valence-electron chi connectivity index (χ4n) is 3.52. The van der Waals surface area contributed by atoms with Gasteiger partial charge in [0.1, 0.15) is 6.07 Å². The highest BCUT2D eigenvalue weighted by Crippen LogP contribution is 2.32. The number of aryl methyl sites for hydroxylation is 1. The van der Waals surface area contributed by atoms with E-state index in [1.54, 1.807) is 4.90 Å². The van der Waals surface area contributed by atoms with Crippen molar-refractivity contribution in [2.24, 2.45) is 11.1 Å². The van der Waals surface area contributed by atoms with E-state index < -0.39 is 11.2 Å². The van der Waals surface area contributed by atoms with Crippen LogP contribution < -0.4 is 15.5 Å². The molecule has 0 atom stereocenters. The van der Waals surface area contributed by atoms with Crippen LogP contribution in [-0.2, 0) is 16.0 Å². The molecule has 2 N–H and O–H groups in total. The maximum Gasteiger partial charge on any atom is 0.233 e. The summed E-state index contributed by atoms with van der Waals surface area (Å²) < 4.78 is 14.9. The van der Waals surface area contributed by atoms with Gasteiger partial charge in [-0.15, -0.1) is 0 Å². The highest BCUT2D eigenvalue weighted by molar-refractivity contribution is 7.81. The second kappa shape index (κ2) is 9.86. The number of halogens is 2. The number of thiocarbonyl (C=S) groups is 1. The van der Waals surface area contributed by atoms with Crippen LogP contribution in [0.1, 0.15) is 44.2 Å². The molecule has 0 radical (unpaired) electrons.